The summed E-state index contributed by atoms with van der Waals surface area (Å²) in [6, 6.07) is 6.32. The van der Waals surface area contributed by atoms with Crippen molar-refractivity contribution in [1.29, 1.82) is 0 Å². The lowest BCUT2D eigenvalue weighted by atomic mass is 9.77. The van der Waals surface area contributed by atoms with Crippen molar-refractivity contribution in [2.45, 2.75) is 63.8 Å². The largest absolute Gasteiger partial charge is 0.507 e. The number of aromatic nitrogens is 2. The van der Waals surface area contributed by atoms with Gasteiger partial charge in [-0.1, -0.05) is 18.9 Å². The van der Waals surface area contributed by atoms with E-state index >= 15 is 0 Å². The zero-order chi connectivity index (χ0) is 18.8. The van der Waals surface area contributed by atoms with Gasteiger partial charge >= 0.3 is 0 Å². The number of nitrogens with zero attached hydrogens (tertiary/aromatic N) is 2. The summed E-state index contributed by atoms with van der Waals surface area (Å²) in [5.41, 5.74) is 2.28. The topological polar surface area (TPSA) is 64.4 Å². The van der Waals surface area contributed by atoms with Gasteiger partial charge in [0.2, 0.25) is 0 Å². The van der Waals surface area contributed by atoms with Crippen molar-refractivity contribution in [3.05, 3.63) is 41.2 Å². The summed E-state index contributed by atoms with van der Waals surface area (Å²) >= 11 is 0. The number of hydrogen-bond acceptors (Lipinski definition) is 4. The van der Waals surface area contributed by atoms with Crippen LogP contribution in [0.5, 0.6) is 11.5 Å². The fourth-order valence-corrected chi connectivity index (χ4v) is 4.49. The average Bonchev–Trinajstić information content (AvgIpc) is 3.10. The minimum absolute atomic E-state index is 0.0192. The predicted molar refractivity (Wildman–Crippen MR) is 104 cm³/mol. The number of carbonyl (C=O) groups excluding carboxylic acids is 1. The fraction of sp³-hybridized carbons (Fsp3) is 0.545. The molecule has 2 atom stereocenters. The predicted octanol–water partition coefficient (Wildman–Crippen LogP) is 4.79. The third-order valence-corrected chi connectivity index (χ3v) is 6.36. The van der Waals surface area contributed by atoms with Gasteiger partial charge in [-0.3, -0.25) is 9.48 Å². The molecule has 0 spiro atoms. The lowest BCUT2D eigenvalue weighted by Gasteiger charge is -2.35. The molecular weight excluding hydrogens is 340 g/mol. The van der Waals surface area contributed by atoms with Gasteiger partial charge in [-0.15, -0.1) is 0 Å². The van der Waals surface area contributed by atoms with Crippen LogP contribution in [0.25, 0.3) is 0 Å². The Hall–Kier alpha value is -2.30. The second kappa shape index (κ2) is 7.75. The normalized spacial score (nSPS) is 23.0. The third kappa shape index (κ3) is 3.47. The Morgan fingerprint density at radius 3 is 2.74 bits per heavy atom. The van der Waals surface area contributed by atoms with E-state index in [2.05, 4.69) is 15.8 Å². The summed E-state index contributed by atoms with van der Waals surface area (Å²) in [5, 5.41) is 14.7. The minimum Gasteiger partial charge on any atom is -0.507 e. The van der Waals surface area contributed by atoms with Gasteiger partial charge in [0.05, 0.1) is 18.2 Å². The maximum absolute atomic E-state index is 11.4. The molecule has 5 nitrogen and oxygen atoms in total. The van der Waals surface area contributed by atoms with Crippen molar-refractivity contribution in [2.24, 2.45) is 5.92 Å². The monoisotopic (exact) mass is 368 g/mol. The molecule has 2 aliphatic carbocycles. The Bertz CT molecular complexity index is 810. The molecule has 0 aliphatic heterocycles. The second-order valence-electron chi connectivity index (χ2n) is 8.01. The number of aromatic hydroxyl groups is 1. The SMILES string of the molecule is Cc1ccc(OCC2CCCCC2c2ccnn2C2CCC2)c(C=O)c1O. The molecule has 144 valence electrons. The van der Waals surface area contributed by atoms with Gasteiger partial charge in [-0.2, -0.15) is 5.10 Å². The zero-order valence-corrected chi connectivity index (χ0v) is 15.9. The standard InChI is InChI=1S/C22H28N2O3/c1-15-9-10-21(19(13-25)22(15)26)27-14-16-5-2-3-8-18(16)20-11-12-23-24(20)17-6-4-7-17/h9-13,16-18,26H,2-8,14H2,1H3. The summed E-state index contributed by atoms with van der Waals surface area (Å²) in [5.74, 6) is 1.34. The number of phenolic OH excluding ortho intramolecular Hbond substituents is 1. The van der Waals surface area contributed by atoms with Crippen molar-refractivity contribution in [3.8, 4) is 11.5 Å². The van der Waals surface area contributed by atoms with E-state index in [-0.39, 0.29) is 11.3 Å². The lowest BCUT2D eigenvalue weighted by Crippen LogP contribution is -2.28. The highest BCUT2D eigenvalue weighted by Crippen LogP contribution is 2.41. The quantitative estimate of drug-likeness (QED) is 0.745. The molecule has 4 rings (SSSR count). The molecule has 2 saturated carbocycles. The molecule has 0 radical (unpaired) electrons. The first-order valence-corrected chi connectivity index (χ1v) is 10.1. The second-order valence-corrected chi connectivity index (χ2v) is 8.01. The van der Waals surface area contributed by atoms with Gasteiger partial charge in [0.1, 0.15) is 11.5 Å². The molecule has 27 heavy (non-hydrogen) atoms. The molecule has 0 saturated heterocycles. The van der Waals surface area contributed by atoms with E-state index in [1.54, 1.807) is 19.1 Å². The van der Waals surface area contributed by atoms with E-state index in [1.165, 1.54) is 37.8 Å². The van der Waals surface area contributed by atoms with Crippen LogP contribution in [-0.2, 0) is 0 Å². The van der Waals surface area contributed by atoms with Gasteiger partial charge in [-0.25, -0.2) is 0 Å². The summed E-state index contributed by atoms with van der Waals surface area (Å²) in [6.45, 7) is 2.34. The molecule has 0 bridgehead atoms. The summed E-state index contributed by atoms with van der Waals surface area (Å²) in [6.07, 6.45) is 11.1. The summed E-state index contributed by atoms with van der Waals surface area (Å²) < 4.78 is 8.30. The number of aryl methyl sites for hydroxylation is 1. The van der Waals surface area contributed by atoms with Crippen LogP contribution in [0.3, 0.4) is 0 Å². The smallest absolute Gasteiger partial charge is 0.157 e. The number of hydrogen-bond donors (Lipinski definition) is 1. The number of aldehydes is 1. The van der Waals surface area contributed by atoms with Crippen LogP contribution in [0.1, 0.15) is 78.5 Å². The van der Waals surface area contributed by atoms with Crippen LogP contribution in [0.15, 0.2) is 24.4 Å². The van der Waals surface area contributed by atoms with Crippen LogP contribution in [0, 0.1) is 12.8 Å². The highest BCUT2D eigenvalue weighted by atomic mass is 16.5. The summed E-state index contributed by atoms with van der Waals surface area (Å²) in [4.78, 5) is 11.4. The maximum atomic E-state index is 11.4. The average molecular weight is 368 g/mol. The zero-order valence-electron chi connectivity index (χ0n) is 15.9. The molecular formula is C22H28N2O3. The van der Waals surface area contributed by atoms with E-state index in [1.807, 2.05) is 6.20 Å². The fourth-order valence-electron chi connectivity index (χ4n) is 4.49. The lowest BCUT2D eigenvalue weighted by molar-refractivity contribution is 0.111. The van der Waals surface area contributed by atoms with Gasteiger partial charge in [0.15, 0.2) is 6.29 Å². The van der Waals surface area contributed by atoms with E-state index in [9.17, 15) is 9.90 Å². The Labute approximate surface area is 160 Å². The van der Waals surface area contributed by atoms with E-state index in [0.717, 1.165) is 12.8 Å². The van der Waals surface area contributed by atoms with E-state index in [0.29, 0.717) is 42.1 Å². The molecule has 5 heteroatoms. The Balaban J connectivity index is 1.52. The van der Waals surface area contributed by atoms with Crippen molar-refractivity contribution in [1.82, 2.24) is 9.78 Å². The third-order valence-electron chi connectivity index (χ3n) is 6.36. The number of phenols is 1. The van der Waals surface area contributed by atoms with Gasteiger partial charge in [0, 0.05) is 23.7 Å². The van der Waals surface area contributed by atoms with Crippen LogP contribution >= 0.6 is 0 Å². The van der Waals surface area contributed by atoms with Crippen LogP contribution in [0.4, 0.5) is 0 Å². The van der Waals surface area contributed by atoms with Gasteiger partial charge in [-0.05, 0) is 56.7 Å². The highest BCUT2D eigenvalue weighted by Gasteiger charge is 2.32. The molecule has 1 heterocycles. The Morgan fingerprint density at radius 2 is 2.00 bits per heavy atom. The van der Waals surface area contributed by atoms with E-state index in [4.69, 9.17) is 4.74 Å². The number of benzene rings is 1. The van der Waals surface area contributed by atoms with E-state index < -0.39 is 0 Å². The van der Waals surface area contributed by atoms with Gasteiger partial charge < -0.3 is 9.84 Å². The highest BCUT2D eigenvalue weighted by molar-refractivity contribution is 5.84. The van der Waals surface area contributed by atoms with Crippen molar-refractivity contribution in [3.63, 3.8) is 0 Å². The first-order chi connectivity index (χ1) is 13.2. The maximum Gasteiger partial charge on any atom is 0.157 e. The number of carbonyl (C=O) groups is 1. The molecule has 1 aromatic carbocycles. The minimum atomic E-state index is 0.0192. The number of ether oxygens (including phenoxy) is 1. The molecule has 2 unspecified atom stereocenters. The van der Waals surface area contributed by atoms with Crippen molar-refractivity contribution >= 4 is 6.29 Å². The first-order valence-electron chi connectivity index (χ1n) is 10.1. The Kier molecular flexibility index (Phi) is 5.19. The first kappa shape index (κ1) is 18.1. The molecule has 2 fully saturated rings. The molecule has 2 aliphatic rings. The summed E-state index contributed by atoms with van der Waals surface area (Å²) in [7, 11) is 0. The van der Waals surface area contributed by atoms with Gasteiger partial charge in [0.25, 0.3) is 0 Å². The molecule has 2 aromatic rings. The Morgan fingerprint density at radius 1 is 1.19 bits per heavy atom. The number of rotatable bonds is 6. The molecule has 1 N–H and O–H groups in total. The molecule has 0 amide bonds. The van der Waals surface area contributed by atoms with Crippen molar-refractivity contribution < 1.29 is 14.6 Å². The van der Waals surface area contributed by atoms with Crippen molar-refractivity contribution in [2.75, 3.05) is 6.61 Å². The van der Waals surface area contributed by atoms with Crippen LogP contribution < -0.4 is 4.74 Å². The van der Waals surface area contributed by atoms with Crippen LogP contribution in [0.2, 0.25) is 0 Å². The van der Waals surface area contributed by atoms with Crippen LogP contribution in [-0.4, -0.2) is 27.8 Å². The molecule has 1 aromatic heterocycles.